The lowest BCUT2D eigenvalue weighted by Gasteiger charge is -2.60. The van der Waals surface area contributed by atoms with Gasteiger partial charge in [-0.05, 0) is 270 Å². The summed E-state index contributed by atoms with van der Waals surface area (Å²) in [5, 5.41) is 72.8. The maximum Gasteiger partial charge on any atom is 0.266 e. The number of aliphatic hydroxyl groups excluding tert-OH is 3. The number of halogens is 1. The molecule has 6 aromatic rings. The van der Waals surface area contributed by atoms with Crippen LogP contribution < -0.4 is 11.1 Å². The smallest absolute Gasteiger partial charge is 0.266 e. The summed E-state index contributed by atoms with van der Waals surface area (Å²) in [5.41, 5.74) is -1.46. The molecule has 3 aromatic heterocycles. The van der Waals surface area contributed by atoms with Crippen LogP contribution in [-0.2, 0) is 35.2 Å². The van der Waals surface area contributed by atoms with Crippen LogP contribution in [0.25, 0.3) is 27.5 Å². The minimum absolute atomic E-state index is 0.0209. The monoisotopic (exact) mass is 1640 g/mol. The molecule has 610 valence electrons. The number of para-hydroxylation sites is 2. The number of nitrogens with zero attached hydrogens (tertiary/aromatic N) is 4. The zero-order valence-corrected chi connectivity index (χ0v) is 69.8. The second-order valence-electron chi connectivity index (χ2n) is 37.3. The average molecular weight is 1640 g/mol. The van der Waals surface area contributed by atoms with E-state index in [9.17, 15) is 69.0 Å². The number of hydrogen-bond acceptors (Lipinski definition) is 20. The Morgan fingerprint density at radius 2 is 0.948 bits per heavy atom. The summed E-state index contributed by atoms with van der Waals surface area (Å²) >= 11 is 9.86. The Labute approximate surface area is 689 Å². The van der Waals surface area contributed by atoms with E-state index < -0.39 is 51.4 Å². The predicted octanol–water partition coefficient (Wildman–Crippen LogP) is 13.9. The Hall–Kier alpha value is -6.57. The van der Waals surface area contributed by atoms with Gasteiger partial charge in [-0.1, -0.05) is 130 Å². The Morgan fingerprint density at radius 3 is 1.43 bits per heavy atom. The van der Waals surface area contributed by atoms with Crippen LogP contribution in [0, 0.1) is 85.8 Å². The summed E-state index contributed by atoms with van der Waals surface area (Å²) in [6, 6.07) is 27.2. The van der Waals surface area contributed by atoms with Gasteiger partial charge in [0, 0.05) is 52.4 Å². The quantitative estimate of drug-likeness (QED) is 0.0285. The number of benzene rings is 3. The van der Waals surface area contributed by atoms with E-state index in [2.05, 4.69) is 42.6 Å². The molecule has 23 heteroatoms. The zero-order valence-electron chi connectivity index (χ0n) is 66.6. The van der Waals surface area contributed by atoms with Crippen molar-refractivity contribution in [3.63, 3.8) is 0 Å². The van der Waals surface area contributed by atoms with Gasteiger partial charge in [0.05, 0.1) is 63.1 Å². The summed E-state index contributed by atoms with van der Waals surface area (Å²) in [4.78, 5) is 120. The highest BCUT2D eigenvalue weighted by Gasteiger charge is 2.72. The fraction of sp³-hybridized carbons (Fsp3) is 0.576. The number of fused-ring (bicyclic) bond motifs is 17. The van der Waals surface area contributed by atoms with E-state index in [1.54, 1.807) is 52.9 Å². The summed E-state index contributed by atoms with van der Waals surface area (Å²) in [5.74, 6) is 2.20. The molecule has 15 unspecified atom stereocenters. The average Bonchev–Trinajstić information content (AvgIpc) is 1.62. The molecular weight excluding hydrogens is 1530 g/mol. The fourth-order valence-electron chi connectivity index (χ4n) is 26.1. The van der Waals surface area contributed by atoms with Crippen LogP contribution in [0.4, 0.5) is 0 Å². The van der Waals surface area contributed by atoms with Gasteiger partial charge in [-0.25, -0.2) is 9.97 Å². The lowest BCUT2D eigenvalue weighted by Crippen LogP contribution is -2.62. The number of aryl methyl sites for hydroxylation is 1. The molecule has 0 radical (unpaired) electrons. The van der Waals surface area contributed by atoms with Crippen molar-refractivity contribution < 1.29 is 59.4 Å². The van der Waals surface area contributed by atoms with Gasteiger partial charge in [0.2, 0.25) is 0 Å². The molecule has 3 heterocycles. The van der Waals surface area contributed by atoms with Crippen LogP contribution >= 0.6 is 46.9 Å². The topological polar surface area (TPSA) is 317 Å². The number of rotatable bonds is 15. The molecule has 115 heavy (non-hydrogen) atoms. The third kappa shape index (κ3) is 13.7. The van der Waals surface area contributed by atoms with Crippen molar-refractivity contribution >= 4 is 103 Å². The first kappa shape index (κ1) is 82.1. The van der Waals surface area contributed by atoms with E-state index in [4.69, 9.17) is 16.6 Å². The Kier molecular flexibility index (Phi) is 22.1. The molecule has 3 aromatic carbocycles. The van der Waals surface area contributed by atoms with Gasteiger partial charge in [-0.15, -0.1) is 0 Å². The molecule has 21 atom stereocenters. The van der Waals surface area contributed by atoms with Crippen LogP contribution in [0.3, 0.4) is 0 Å². The summed E-state index contributed by atoms with van der Waals surface area (Å²) in [7, 11) is 0. The van der Waals surface area contributed by atoms with Gasteiger partial charge < -0.3 is 35.6 Å². The molecule has 0 spiro atoms. The third-order valence-corrected chi connectivity index (χ3v) is 35.1. The normalized spacial score (nSPS) is 38.0. The van der Waals surface area contributed by atoms with Crippen molar-refractivity contribution in [3.8, 4) is 5.69 Å². The number of allylic oxidation sites excluding steroid dienone is 3. The maximum absolute atomic E-state index is 14.1. The predicted molar refractivity (Wildman–Crippen MR) is 446 cm³/mol. The molecule has 0 saturated heterocycles. The molecule has 12 aliphatic carbocycles. The zero-order chi connectivity index (χ0) is 81.3. The molecule has 0 amide bonds. The second-order valence-corrected chi connectivity index (χ2v) is 40.8. The number of pyridine rings is 1. The summed E-state index contributed by atoms with van der Waals surface area (Å²) in [6.45, 7) is 12.7. The summed E-state index contributed by atoms with van der Waals surface area (Å²) < 4.78 is 1.54. The Morgan fingerprint density at radius 1 is 0.504 bits per heavy atom. The van der Waals surface area contributed by atoms with E-state index in [0.717, 1.165) is 112 Å². The van der Waals surface area contributed by atoms with Gasteiger partial charge in [0.25, 0.3) is 11.1 Å². The molecule has 7 N–H and O–H groups in total. The number of Topliss-reactive ketones (excluding diaryl/α,β-unsaturated/α-hetero) is 3. The van der Waals surface area contributed by atoms with Crippen LogP contribution in [0.1, 0.15) is 182 Å². The highest BCUT2D eigenvalue weighted by Crippen LogP contribution is 2.72. The van der Waals surface area contributed by atoms with Crippen molar-refractivity contribution in [2.24, 2.45) is 85.8 Å². The van der Waals surface area contributed by atoms with Gasteiger partial charge in [0.1, 0.15) is 16.8 Å². The van der Waals surface area contributed by atoms with Gasteiger partial charge in [-0.2, -0.15) is 11.8 Å². The molecule has 18 rings (SSSR count). The number of aliphatic hydroxyl groups is 6. The number of nitrogens with one attached hydrogen (secondary N) is 1. The number of thioether (sulfide) groups is 3. The van der Waals surface area contributed by atoms with E-state index in [0.29, 0.717) is 106 Å². The van der Waals surface area contributed by atoms with Crippen molar-refractivity contribution in [1.82, 2.24) is 24.5 Å². The summed E-state index contributed by atoms with van der Waals surface area (Å²) in [6.07, 6.45) is 19.9. The number of ketones is 6. The minimum atomic E-state index is -1.58. The van der Waals surface area contributed by atoms with Gasteiger partial charge in [-0.3, -0.25) is 47.9 Å². The molecule has 0 aliphatic heterocycles. The fourth-order valence-corrected chi connectivity index (χ4v) is 29.0. The lowest BCUT2D eigenvalue weighted by molar-refractivity contribution is -0.179. The Balaban J connectivity index is 0.000000131. The highest BCUT2D eigenvalue weighted by atomic mass is 35.5. The molecule has 0 bridgehead atoms. The van der Waals surface area contributed by atoms with Crippen molar-refractivity contribution in [2.75, 3.05) is 23.0 Å². The van der Waals surface area contributed by atoms with E-state index in [-0.39, 0.29) is 127 Å². The highest BCUT2D eigenvalue weighted by molar-refractivity contribution is 8.00. The first-order valence-electron chi connectivity index (χ1n) is 41.7. The van der Waals surface area contributed by atoms with Crippen LogP contribution in [0.15, 0.2) is 152 Å². The third-order valence-electron chi connectivity index (χ3n) is 32.1. The number of carbonyl (C=O) groups excluding carboxylic acids is 6. The number of H-pyrrole nitrogens is 1. The van der Waals surface area contributed by atoms with Crippen LogP contribution in [0.2, 0.25) is 5.02 Å². The molecule has 9 saturated carbocycles. The first-order chi connectivity index (χ1) is 54.7. The lowest BCUT2D eigenvalue weighted by atomic mass is 9.45. The molecule has 9 fully saturated rings. The molecule has 19 nitrogen and oxygen atoms in total. The number of carbonyl (C=O) groups is 6. The van der Waals surface area contributed by atoms with Crippen molar-refractivity contribution in [3.05, 3.63) is 164 Å². The van der Waals surface area contributed by atoms with E-state index in [1.165, 1.54) is 22.9 Å². The SMILES string of the molecule is CC12CCC(=O)C=C1CCC1C2[C@@H](O)CC2(C)C1CC[C@]2(O)C(=O)CSCCc1ccccn1.CC12CCC(=O)C=C1CCC1C2[C@@H](O)CC2(C)C1CC[C@]2(O)C(=O)CSc1nc2ccc(Cl)cc2c(=O)[nH]1.CC12CCC(=O)C=C1CCC1C2[C@@H](O)CC2(C)C1CC[C@]2(O)C(=O)CSc1nc2ccccc2c(=O)n1-c1ccccc1. The van der Waals surface area contributed by atoms with E-state index in [1.807, 2.05) is 92.7 Å². The van der Waals surface area contributed by atoms with Gasteiger partial charge in [0.15, 0.2) is 45.0 Å². The largest absolute Gasteiger partial charge is 0.393 e. The molecular formula is C92H108ClN5O14S3. The molecule has 12 aliphatic rings. The standard InChI is InChI=1S/C35H38N2O5S.C29H33ClN2O5S.C28H37NO4S/c1-33-16-14-23(38)18-21(33)12-13-24-26-15-17-35(42,34(26,2)19-28(39)30(24)33)29(40)20-43-32-36-27-11-7-6-10-25(27)31(41)37(32)22-8-4-3-5-9-22;1-27-9-7-17(33)11-15(27)3-5-18-20-8-10-29(37,28(20,2)13-22(34)24(18)27)23(35)14-38-26-31-21-6-4-16(30)12-19(21)25(36)32-26;1-26-11-8-20(30)15-18(26)6-7-21-22-9-12-28(33,27(22,2)16-23(31)25(21)26)24(32)17-34-14-10-19-5-3-4-13-29-19/h3-11,18,24,26,28,30,39,42H,12-17,19-20H2,1-2H3;4,6,11-12,18,20,22,24,34,37H,3,5,7-10,13-14H2,1-2H3,(H,31,32,36);3-5,13,15,21-23,25,31,33H,6-12,14,16-17H2,1-2H3/t24?,26?,28-,30?,33?,34?,35-;18?,20?,22-,24?,27?,28?,29-;21?,22?,23-,25?,26?,27?,28-/m000/s1. The second kappa shape index (κ2) is 30.9. The van der Waals surface area contributed by atoms with Gasteiger partial charge >= 0.3 is 0 Å². The number of aromatic amines is 1. The van der Waals surface area contributed by atoms with Crippen molar-refractivity contribution in [2.45, 2.75) is 228 Å². The first-order valence-corrected chi connectivity index (χ1v) is 45.3. The number of aromatic nitrogens is 5. The van der Waals surface area contributed by atoms with E-state index >= 15 is 0 Å². The minimum Gasteiger partial charge on any atom is -0.393 e. The van der Waals surface area contributed by atoms with Crippen LogP contribution in [0.5, 0.6) is 0 Å². The number of hydrogen-bond donors (Lipinski definition) is 7. The Bertz CT molecular complexity index is 5130. The van der Waals surface area contributed by atoms with Crippen LogP contribution in [-0.4, -0.2) is 148 Å². The van der Waals surface area contributed by atoms with Crippen molar-refractivity contribution in [1.29, 1.82) is 0 Å². The maximum atomic E-state index is 14.1.